The zero-order chi connectivity index (χ0) is 18.9. The first kappa shape index (κ1) is 19.2. The maximum Gasteiger partial charge on any atom is 0.335 e. The summed E-state index contributed by atoms with van der Waals surface area (Å²) in [6, 6.07) is 13.0. The Morgan fingerprint density at radius 1 is 1.08 bits per heavy atom. The fourth-order valence-electron chi connectivity index (χ4n) is 2.06. The summed E-state index contributed by atoms with van der Waals surface area (Å²) >= 11 is 0. The Labute approximate surface area is 152 Å². The number of benzene rings is 2. The van der Waals surface area contributed by atoms with Gasteiger partial charge in [-0.25, -0.2) is 10.2 Å². The Balaban J connectivity index is 1.86. The Kier molecular flexibility index (Phi) is 6.91. The van der Waals surface area contributed by atoms with Crippen LogP contribution in [0.3, 0.4) is 0 Å². The Morgan fingerprint density at radius 3 is 2.27 bits per heavy atom. The minimum absolute atomic E-state index is 0.196. The van der Waals surface area contributed by atoms with E-state index in [1.165, 1.54) is 18.3 Å². The largest absolute Gasteiger partial charge is 0.494 e. The Morgan fingerprint density at radius 2 is 1.69 bits per heavy atom. The molecule has 0 spiro atoms. The van der Waals surface area contributed by atoms with Crippen molar-refractivity contribution in [3.63, 3.8) is 0 Å². The van der Waals surface area contributed by atoms with Crippen LogP contribution in [0.1, 0.15) is 46.5 Å². The molecule has 26 heavy (non-hydrogen) atoms. The Bertz CT molecular complexity index is 765. The number of carboxylic acids is 1. The first-order valence-electron chi connectivity index (χ1n) is 8.35. The molecule has 2 aromatic carbocycles. The molecule has 2 rings (SSSR count). The standard InChI is InChI=1S/C20H22N2O4/c1-14(2)11-12-26-18-9-7-16(8-10-18)19(23)22-21-13-15-3-5-17(6-4-15)20(24)25/h3-10,13-14H,11-12H2,1-2H3,(H,22,23)(H,24,25)/b21-13-. The van der Waals surface area contributed by atoms with Gasteiger partial charge in [0, 0.05) is 5.56 Å². The summed E-state index contributed by atoms with van der Waals surface area (Å²) in [7, 11) is 0. The second-order valence-corrected chi connectivity index (χ2v) is 6.18. The fraction of sp³-hybridized carbons (Fsp3) is 0.250. The number of hydrogen-bond acceptors (Lipinski definition) is 4. The van der Waals surface area contributed by atoms with Gasteiger partial charge in [-0.3, -0.25) is 4.79 Å². The average Bonchev–Trinajstić information content (AvgIpc) is 2.62. The third-order valence-corrected chi connectivity index (χ3v) is 3.62. The minimum atomic E-state index is -0.988. The second-order valence-electron chi connectivity index (χ2n) is 6.18. The lowest BCUT2D eigenvalue weighted by Gasteiger charge is -2.08. The van der Waals surface area contributed by atoms with Crippen molar-refractivity contribution < 1.29 is 19.4 Å². The summed E-state index contributed by atoms with van der Waals surface area (Å²) in [5.41, 5.74) is 3.79. The number of aromatic carboxylic acids is 1. The fourth-order valence-corrected chi connectivity index (χ4v) is 2.06. The van der Waals surface area contributed by atoms with Crippen molar-refractivity contribution >= 4 is 18.1 Å². The van der Waals surface area contributed by atoms with Gasteiger partial charge in [-0.2, -0.15) is 5.10 Å². The van der Waals surface area contributed by atoms with E-state index < -0.39 is 5.97 Å². The van der Waals surface area contributed by atoms with E-state index in [0.717, 1.165) is 12.2 Å². The maximum absolute atomic E-state index is 12.0. The van der Waals surface area contributed by atoms with E-state index in [9.17, 15) is 9.59 Å². The second kappa shape index (κ2) is 9.36. The highest BCUT2D eigenvalue weighted by Crippen LogP contribution is 2.13. The van der Waals surface area contributed by atoms with E-state index in [4.69, 9.17) is 9.84 Å². The molecule has 0 fully saturated rings. The van der Waals surface area contributed by atoms with Crippen LogP contribution < -0.4 is 10.2 Å². The third kappa shape index (κ3) is 6.05. The Hall–Kier alpha value is -3.15. The maximum atomic E-state index is 12.0. The molecule has 0 aromatic heterocycles. The molecule has 0 radical (unpaired) electrons. The zero-order valence-electron chi connectivity index (χ0n) is 14.8. The summed E-state index contributed by atoms with van der Waals surface area (Å²) < 4.78 is 5.61. The van der Waals surface area contributed by atoms with Crippen LogP contribution in [0.25, 0.3) is 0 Å². The van der Waals surface area contributed by atoms with E-state index in [1.807, 2.05) is 0 Å². The predicted molar refractivity (Wildman–Crippen MR) is 99.9 cm³/mol. The quantitative estimate of drug-likeness (QED) is 0.560. The lowest BCUT2D eigenvalue weighted by Crippen LogP contribution is -2.17. The van der Waals surface area contributed by atoms with Crippen molar-refractivity contribution in [3.05, 3.63) is 65.2 Å². The van der Waals surface area contributed by atoms with E-state index in [-0.39, 0.29) is 11.5 Å². The molecule has 136 valence electrons. The van der Waals surface area contributed by atoms with Crippen molar-refractivity contribution in [3.8, 4) is 5.75 Å². The van der Waals surface area contributed by atoms with Gasteiger partial charge in [0.25, 0.3) is 5.91 Å². The van der Waals surface area contributed by atoms with Crippen LogP contribution in [0.4, 0.5) is 0 Å². The molecule has 0 saturated heterocycles. The SMILES string of the molecule is CC(C)CCOc1ccc(C(=O)N/N=C\c2ccc(C(=O)O)cc2)cc1. The highest BCUT2D eigenvalue weighted by Gasteiger charge is 2.05. The molecule has 0 aliphatic heterocycles. The molecule has 0 unspecified atom stereocenters. The number of ether oxygens (including phenoxy) is 1. The monoisotopic (exact) mass is 354 g/mol. The number of hydrazone groups is 1. The van der Waals surface area contributed by atoms with Crippen LogP contribution in [0.5, 0.6) is 5.75 Å². The van der Waals surface area contributed by atoms with Crippen LogP contribution >= 0.6 is 0 Å². The van der Waals surface area contributed by atoms with Gasteiger partial charge in [-0.05, 0) is 54.3 Å². The highest BCUT2D eigenvalue weighted by atomic mass is 16.5. The molecule has 0 aliphatic carbocycles. The first-order chi connectivity index (χ1) is 12.5. The lowest BCUT2D eigenvalue weighted by molar-refractivity contribution is 0.0696. The molecule has 2 aromatic rings. The number of carboxylic acid groups (broad SMARTS) is 1. The normalized spacial score (nSPS) is 10.9. The van der Waals surface area contributed by atoms with Gasteiger partial charge in [0.1, 0.15) is 5.75 Å². The van der Waals surface area contributed by atoms with Gasteiger partial charge in [0.15, 0.2) is 0 Å². The van der Waals surface area contributed by atoms with E-state index >= 15 is 0 Å². The van der Waals surface area contributed by atoms with E-state index in [1.54, 1.807) is 36.4 Å². The van der Waals surface area contributed by atoms with Crippen molar-refractivity contribution in [2.45, 2.75) is 20.3 Å². The molecule has 0 atom stereocenters. The summed E-state index contributed by atoms with van der Waals surface area (Å²) in [5, 5.41) is 12.7. The zero-order valence-corrected chi connectivity index (χ0v) is 14.8. The van der Waals surface area contributed by atoms with Gasteiger partial charge in [0.2, 0.25) is 0 Å². The number of carbonyl (C=O) groups is 2. The topological polar surface area (TPSA) is 88.0 Å². The molecular formula is C20H22N2O4. The van der Waals surface area contributed by atoms with Gasteiger partial charge in [-0.15, -0.1) is 0 Å². The molecule has 6 heteroatoms. The summed E-state index contributed by atoms with van der Waals surface area (Å²) in [6.45, 7) is 4.92. The molecule has 0 saturated carbocycles. The summed E-state index contributed by atoms with van der Waals surface area (Å²) in [5.74, 6) is -0.0157. The smallest absolute Gasteiger partial charge is 0.335 e. The number of rotatable bonds is 8. The van der Waals surface area contributed by atoms with Crippen molar-refractivity contribution in [1.82, 2.24) is 5.43 Å². The predicted octanol–water partition coefficient (Wildman–Crippen LogP) is 3.57. The van der Waals surface area contributed by atoms with Crippen LogP contribution in [0, 0.1) is 5.92 Å². The van der Waals surface area contributed by atoms with Crippen molar-refractivity contribution in [2.24, 2.45) is 11.0 Å². The van der Waals surface area contributed by atoms with Crippen LogP contribution in [0.15, 0.2) is 53.6 Å². The first-order valence-corrected chi connectivity index (χ1v) is 8.35. The number of amides is 1. The van der Waals surface area contributed by atoms with E-state index in [2.05, 4.69) is 24.4 Å². The van der Waals surface area contributed by atoms with Gasteiger partial charge >= 0.3 is 5.97 Å². The summed E-state index contributed by atoms with van der Waals surface area (Å²) in [4.78, 5) is 22.8. The van der Waals surface area contributed by atoms with Gasteiger partial charge in [0.05, 0.1) is 18.4 Å². The number of nitrogens with one attached hydrogen (secondary N) is 1. The number of hydrogen-bond donors (Lipinski definition) is 2. The molecular weight excluding hydrogens is 332 g/mol. The van der Waals surface area contributed by atoms with Crippen LogP contribution in [-0.4, -0.2) is 29.8 Å². The van der Waals surface area contributed by atoms with Crippen LogP contribution in [-0.2, 0) is 0 Å². The molecule has 0 aliphatic rings. The summed E-state index contributed by atoms with van der Waals surface area (Å²) in [6.07, 6.45) is 2.43. The molecule has 0 heterocycles. The number of nitrogens with zero attached hydrogens (tertiary/aromatic N) is 1. The van der Waals surface area contributed by atoms with Crippen molar-refractivity contribution in [2.75, 3.05) is 6.61 Å². The van der Waals surface area contributed by atoms with E-state index in [0.29, 0.717) is 23.7 Å². The lowest BCUT2D eigenvalue weighted by atomic mass is 10.1. The van der Waals surface area contributed by atoms with Gasteiger partial charge in [-0.1, -0.05) is 26.0 Å². The third-order valence-electron chi connectivity index (χ3n) is 3.62. The van der Waals surface area contributed by atoms with Gasteiger partial charge < -0.3 is 9.84 Å². The minimum Gasteiger partial charge on any atom is -0.494 e. The molecule has 2 N–H and O–H groups in total. The van der Waals surface area contributed by atoms with Crippen molar-refractivity contribution in [1.29, 1.82) is 0 Å². The molecule has 6 nitrogen and oxygen atoms in total. The molecule has 0 bridgehead atoms. The highest BCUT2D eigenvalue weighted by molar-refractivity contribution is 5.95. The average molecular weight is 354 g/mol. The molecule has 1 amide bonds. The number of carbonyl (C=O) groups excluding carboxylic acids is 1. The van der Waals surface area contributed by atoms with Crippen LogP contribution in [0.2, 0.25) is 0 Å².